The third-order valence-electron chi connectivity index (χ3n) is 1.98. The molecule has 0 bridgehead atoms. The molecule has 0 saturated heterocycles. The molecule has 0 fully saturated rings. The van der Waals surface area contributed by atoms with Gasteiger partial charge in [0.05, 0.1) is 6.26 Å². The highest BCUT2D eigenvalue weighted by Crippen LogP contribution is 2.08. The van der Waals surface area contributed by atoms with Crippen LogP contribution in [0.2, 0.25) is 0 Å². The molecule has 0 aliphatic heterocycles. The maximum atomic E-state index is 12.2. The molecule has 1 nitrogen and oxygen atoms in total. The van der Waals surface area contributed by atoms with Crippen LogP contribution in [-0.2, 0) is 4.74 Å². The van der Waals surface area contributed by atoms with E-state index < -0.39 is 12.8 Å². The molecule has 0 amide bonds. The minimum absolute atomic E-state index is 0.750. The van der Waals surface area contributed by atoms with Gasteiger partial charge in [0.15, 0.2) is 0 Å². The van der Waals surface area contributed by atoms with Gasteiger partial charge in [0.25, 0.3) is 6.36 Å². The molecule has 0 aromatic carbocycles. The molecule has 1 atom stereocenters. The maximum absolute atomic E-state index is 12.2. The van der Waals surface area contributed by atoms with Crippen molar-refractivity contribution in [1.29, 1.82) is 0 Å². The minimum Gasteiger partial charge on any atom is -0.463 e. The quantitative estimate of drug-likeness (QED) is 0.415. The first-order chi connectivity index (χ1) is 7.18. The molecule has 0 rings (SSSR count). The molecule has 0 radical (unpaired) electrons. The fourth-order valence-electron chi connectivity index (χ4n) is 1.12. The number of allylic oxidation sites excluding steroid dienone is 1. The molecular formula is C11H19F3O. The summed E-state index contributed by atoms with van der Waals surface area (Å²) in [5.41, 5.74) is 0. The highest BCUT2D eigenvalue weighted by atomic mass is 19.3. The van der Waals surface area contributed by atoms with Crippen LogP contribution < -0.4 is 0 Å². The summed E-state index contributed by atoms with van der Waals surface area (Å²) >= 11 is 0. The Balaban J connectivity index is 3.24. The highest BCUT2D eigenvalue weighted by molar-refractivity contribution is 4.73. The SMILES string of the molecule is CCCCCCCC=COC(F)C(F)F. The van der Waals surface area contributed by atoms with Gasteiger partial charge >= 0.3 is 6.43 Å². The Morgan fingerprint density at radius 2 is 1.73 bits per heavy atom. The van der Waals surface area contributed by atoms with E-state index in [9.17, 15) is 13.2 Å². The zero-order valence-corrected chi connectivity index (χ0v) is 9.09. The second kappa shape index (κ2) is 9.87. The van der Waals surface area contributed by atoms with Crippen LogP contribution in [0.3, 0.4) is 0 Å². The Morgan fingerprint density at radius 3 is 2.33 bits per heavy atom. The summed E-state index contributed by atoms with van der Waals surface area (Å²) in [5.74, 6) is 0. The summed E-state index contributed by atoms with van der Waals surface area (Å²) in [4.78, 5) is 0. The van der Waals surface area contributed by atoms with E-state index in [0.717, 1.165) is 25.5 Å². The number of ether oxygens (including phenoxy) is 1. The lowest BCUT2D eigenvalue weighted by Gasteiger charge is -2.04. The van der Waals surface area contributed by atoms with Crippen LogP contribution in [0, 0.1) is 0 Å². The van der Waals surface area contributed by atoms with Crippen molar-refractivity contribution in [3.05, 3.63) is 12.3 Å². The molecule has 0 aromatic heterocycles. The van der Waals surface area contributed by atoms with Crippen LogP contribution in [-0.4, -0.2) is 12.8 Å². The molecule has 1 unspecified atom stereocenters. The van der Waals surface area contributed by atoms with Gasteiger partial charge in [0.1, 0.15) is 0 Å². The van der Waals surface area contributed by atoms with Crippen LogP contribution in [0.1, 0.15) is 45.4 Å². The number of hydrogen-bond donors (Lipinski definition) is 0. The van der Waals surface area contributed by atoms with Crippen LogP contribution in [0.15, 0.2) is 12.3 Å². The van der Waals surface area contributed by atoms with Gasteiger partial charge in [-0.2, -0.15) is 4.39 Å². The summed E-state index contributed by atoms with van der Waals surface area (Å²) in [5, 5.41) is 0. The first-order valence-corrected chi connectivity index (χ1v) is 5.41. The van der Waals surface area contributed by atoms with Gasteiger partial charge in [-0.05, 0) is 18.9 Å². The maximum Gasteiger partial charge on any atom is 0.304 e. The second-order valence-corrected chi connectivity index (χ2v) is 3.40. The van der Waals surface area contributed by atoms with Crippen LogP contribution in [0.25, 0.3) is 0 Å². The van der Waals surface area contributed by atoms with Crippen molar-refractivity contribution < 1.29 is 17.9 Å². The average molecular weight is 224 g/mol. The van der Waals surface area contributed by atoms with Crippen molar-refractivity contribution in [2.45, 2.75) is 58.2 Å². The van der Waals surface area contributed by atoms with E-state index in [1.807, 2.05) is 0 Å². The predicted octanol–water partition coefficient (Wildman–Crippen LogP) is 4.44. The number of rotatable bonds is 9. The lowest BCUT2D eigenvalue weighted by Crippen LogP contribution is -2.12. The Hall–Kier alpha value is -0.670. The van der Waals surface area contributed by atoms with Gasteiger partial charge < -0.3 is 4.74 Å². The van der Waals surface area contributed by atoms with Gasteiger partial charge in [0, 0.05) is 0 Å². The number of halogens is 3. The Labute approximate surface area is 89.3 Å². The smallest absolute Gasteiger partial charge is 0.304 e. The molecule has 0 N–H and O–H groups in total. The first-order valence-electron chi connectivity index (χ1n) is 5.41. The summed E-state index contributed by atoms with van der Waals surface area (Å²) in [6.45, 7) is 2.14. The average Bonchev–Trinajstić information content (AvgIpc) is 2.21. The molecule has 0 aliphatic rings. The number of alkyl halides is 3. The van der Waals surface area contributed by atoms with E-state index in [-0.39, 0.29) is 0 Å². The van der Waals surface area contributed by atoms with Crippen LogP contribution in [0.5, 0.6) is 0 Å². The fraction of sp³-hybridized carbons (Fsp3) is 0.818. The van der Waals surface area contributed by atoms with Crippen molar-refractivity contribution in [2.75, 3.05) is 0 Å². The van der Waals surface area contributed by atoms with E-state index in [4.69, 9.17) is 0 Å². The Kier molecular flexibility index (Phi) is 9.43. The fourth-order valence-corrected chi connectivity index (χ4v) is 1.12. The molecule has 0 spiro atoms. The van der Waals surface area contributed by atoms with E-state index in [2.05, 4.69) is 11.7 Å². The van der Waals surface area contributed by atoms with E-state index in [1.54, 1.807) is 6.08 Å². The summed E-state index contributed by atoms with van der Waals surface area (Å²) in [6.07, 6.45) is 3.50. The van der Waals surface area contributed by atoms with E-state index >= 15 is 0 Å². The molecule has 4 heteroatoms. The zero-order valence-electron chi connectivity index (χ0n) is 9.09. The van der Waals surface area contributed by atoms with Gasteiger partial charge in [-0.3, -0.25) is 0 Å². The van der Waals surface area contributed by atoms with Gasteiger partial charge in [-0.15, -0.1) is 0 Å². The third-order valence-corrected chi connectivity index (χ3v) is 1.98. The topological polar surface area (TPSA) is 9.23 Å². The van der Waals surface area contributed by atoms with Crippen molar-refractivity contribution in [3.8, 4) is 0 Å². The molecule has 0 heterocycles. The van der Waals surface area contributed by atoms with Crippen molar-refractivity contribution in [2.24, 2.45) is 0 Å². The summed E-state index contributed by atoms with van der Waals surface area (Å²) < 4.78 is 39.5. The second-order valence-electron chi connectivity index (χ2n) is 3.40. The molecule has 0 aromatic rings. The van der Waals surface area contributed by atoms with Crippen LogP contribution in [0.4, 0.5) is 13.2 Å². The van der Waals surface area contributed by atoms with E-state index in [0.29, 0.717) is 0 Å². The largest absolute Gasteiger partial charge is 0.463 e. The van der Waals surface area contributed by atoms with Crippen molar-refractivity contribution in [3.63, 3.8) is 0 Å². The monoisotopic (exact) mass is 224 g/mol. The lowest BCUT2D eigenvalue weighted by atomic mass is 10.1. The van der Waals surface area contributed by atoms with Gasteiger partial charge in [-0.1, -0.05) is 32.6 Å². The molecule has 0 aliphatic carbocycles. The highest BCUT2D eigenvalue weighted by Gasteiger charge is 2.18. The third kappa shape index (κ3) is 9.63. The molecule has 15 heavy (non-hydrogen) atoms. The van der Waals surface area contributed by atoms with Gasteiger partial charge in [-0.25, -0.2) is 8.78 Å². The Morgan fingerprint density at radius 1 is 1.07 bits per heavy atom. The summed E-state index contributed by atoms with van der Waals surface area (Å²) in [6, 6.07) is 0. The molecule has 90 valence electrons. The molecular weight excluding hydrogens is 205 g/mol. The minimum atomic E-state index is -3.07. The predicted molar refractivity (Wildman–Crippen MR) is 54.5 cm³/mol. The van der Waals surface area contributed by atoms with Crippen molar-refractivity contribution >= 4 is 0 Å². The van der Waals surface area contributed by atoms with Gasteiger partial charge in [0.2, 0.25) is 0 Å². The zero-order chi connectivity index (χ0) is 11.5. The first kappa shape index (κ1) is 14.3. The standard InChI is InChI=1S/C11H19F3O/c1-2-3-4-5-6-7-8-9-15-11(14)10(12)13/h8-11H,2-7H2,1H3. The normalized spacial score (nSPS) is 13.7. The molecule has 0 saturated carbocycles. The lowest BCUT2D eigenvalue weighted by molar-refractivity contribution is -0.0917. The summed E-state index contributed by atoms with van der Waals surface area (Å²) in [7, 11) is 0. The Bertz CT molecular complexity index is 160. The van der Waals surface area contributed by atoms with Crippen molar-refractivity contribution in [1.82, 2.24) is 0 Å². The van der Waals surface area contributed by atoms with Crippen LogP contribution >= 0.6 is 0 Å². The van der Waals surface area contributed by atoms with E-state index in [1.165, 1.54) is 19.3 Å². The number of hydrogen-bond acceptors (Lipinski definition) is 1. The number of unbranched alkanes of at least 4 members (excludes halogenated alkanes) is 5.